The van der Waals surface area contributed by atoms with E-state index in [-0.39, 0.29) is 101 Å². The molecule has 6 aromatic rings. The van der Waals surface area contributed by atoms with Crippen LogP contribution in [0.5, 0.6) is 5.75 Å². The summed E-state index contributed by atoms with van der Waals surface area (Å²) in [6.45, 7) is 6.27. The van der Waals surface area contributed by atoms with Gasteiger partial charge in [-0.05, 0) is 91.5 Å². The van der Waals surface area contributed by atoms with Crippen molar-refractivity contribution >= 4 is 57.1 Å². The van der Waals surface area contributed by atoms with Gasteiger partial charge < -0.3 is 34.3 Å². The average Bonchev–Trinajstić information content (AvgIpc) is 3.93. The summed E-state index contributed by atoms with van der Waals surface area (Å²) < 4.78 is 114. The fourth-order valence-electron chi connectivity index (χ4n) is 10.3. The third-order valence-corrected chi connectivity index (χ3v) is 14.1. The van der Waals surface area contributed by atoms with Crippen LogP contribution in [0.15, 0.2) is 61.2 Å². The Kier molecular flexibility index (Phi) is 15.0. The van der Waals surface area contributed by atoms with Crippen molar-refractivity contribution in [1.82, 2.24) is 28.9 Å². The van der Waals surface area contributed by atoms with Gasteiger partial charge in [0.1, 0.15) is 35.0 Å². The topological polar surface area (TPSA) is 191 Å². The number of likely N-dealkylation sites (tertiary alicyclic amines) is 2. The summed E-state index contributed by atoms with van der Waals surface area (Å²) in [4.78, 5) is 65.7. The molecule has 1 unspecified atom stereocenters. The number of nitrogens with zero attached hydrogens (tertiary/aromatic N) is 8. The highest BCUT2D eigenvalue weighted by atomic mass is 19.4. The molecular weight excluding hydrogens is 990 g/mol. The van der Waals surface area contributed by atoms with Gasteiger partial charge in [-0.1, -0.05) is 20.8 Å². The zero-order valence-corrected chi connectivity index (χ0v) is 41.4. The minimum Gasteiger partial charge on any atom is -0.495 e. The Morgan fingerprint density at radius 2 is 1.20 bits per heavy atom. The second-order valence-electron chi connectivity index (χ2n) is 19.2. The molecule has 75 heavy (non-hydrogen) atoms. The van der Waals surface area contributed by atoms with Crippen LogP contribution in [0.1, 0.15) is 119 Å². The van der Waals surface area contributed by atoms with E-state index in [0.717, 1.165) is 30.6 Å². The molecule has 2 fully saturated rings. The number of hydrogen-bond donors (Lipinski definition) is 2. The van der Waals surface area contributed by atoms with Gasteiger partial charge in [0.2, 0.25) is 11.8 Å². The van der Waals surface area contributed by atoms with Crippen LogP contribution in [-0.4, -0.2) is 85.8 Å². The number of nitrogens with one attached hydrogen (secondary N) is 2. The number of hydrogen-bond acceptors (Lipinski definition) is 9. The van der Waals surface area contributed by atoms with Crippen LogP contribution in [0.25, 0.3) is 22.1 Å². The van der Waals surface area contributed by atoms with Gasteiger partial charge in [0, 0.05) is 85.9 Å². The quantitative estimate of drug-likeness (QED) is 0.112. The maximum atomic E-state index is 15.5. The smallest absolute Gasteiger partial charge is 0.419 e. The second-order valence-corrected chi connectivity index (χ2v) is 19.2. The van der Waals surface area contributed by atoms with Gasteiger partial charge in [0.05, 0.1) is 53.1 Å². The molecular formula is C53H51F7N10O5. The van der Waals surface area contributed by atoms with Crippen LogP contribution < -0.4 is 15.4 Å². The van der Waals surface area contributed by atoms with Gasteiger partial charge >= 0.3 is 12.4 Å². The first-order chi connectivity index (χ1) is 35.5. The number of fused-ring (bicyclic) bond motifs is 2. The highest BCUT2D eigenvalue weighted by Crippen LogP contribution is 2.47. The Morgan fingerprint density at radius 3 is 1.71 bits per heavy atom. The van der Waals surface area contributed by atoms with Crippen LogP contribution in [-0.2, 0) is 35.5 Å². The molecule has 22 heteroatoms. The predicted molar refractivity (Wildman–Crippen MR) is 261 cm³/mol. The Labute approximate surface area is 425 Å². The Balaban J connectivity index is 1.03. The number of ether oxygens (including phenoxy) is 1. The monoisotopic (exact) mass is 1040 g/mol. The second kappa shape index (κ2) is 21.1. The Hall–Kier alpha value is -8.01. The maximum Gasteiger partial charge on any atom is 0.419 e. The van der Waals surface area contributed by atoms with Crippen molar-refractivity contribution in [1.29, 1.82) is 10.5 Å². The lowest BCUT2D eigenvalue weighted by Gasteiger charge is -2.34. The van der Waals surface area contributed by atoms with Crippen LogP contribution in [0.3, 0.4) is 0 Å². The molecule has 6 heterocycles. The first kappa shape index (κ1) is 53.3. The minimum atomic E-state index is -5.00. The number of carbonyl (C=O) groups excluding carboxylic acids is 4. The van der Waals surface area contributed by atoms with Crippen molar-refractivity contribution < 1.29 is 54.6 Å². The standard InChI is InChI=1S/C53H51F7N10O5/c1-28(2)50(73)68-16-11-31(12-17-68)37-27-70(47-43(37)45(53(58,59)60)40(25-64-47)66-49(72)33-7-9-41(75-5)35(21-33)23-62)15-10-29(3)51(74)69-18-13-30(14-19-69)36-26-67(4)46-42(36)44(52(55,56)57)39(24-63-46)65-48(71)32-6-8-38(54)34(20-32)22-61/h6-9,20-21,24-31H,10-19H2,1-5H3,(H,65,71)(H,66,72). The number of anilines is 2. The summed E-state index contributed by atoms with van der Waals surface area (Å²) in [5.41, 5.74) is -3.69. The van der Waals surface area contributed by atoms with E-state index in [1.54, 1.807) is 60.6 Å². The number of carbonyl (C=O) groups is 4. The summed E-state index contributed by atoms with van der Waals surface area (Å²) >= 11 is 0. The molecule has 15 nitrogen and oxygen atoms in total. The predicted octanol–water partition coefficient (Wildman–Crippen LogP) is 10.2. The molecule has 4 aromatic heterocycles. The fourth-order valence-corrected chi connectivity index (χ4v) is 10.3. The molecule has 0 radical (unpaired) electrons. The molecule has 0 saturated carbocycles. The number of piperidine rings is 2. The van der Waals surface area contributed by atoms with Crippen molar-refractivity contribution in [3.05, 3.63) is 112 Å². The number of benzene rings is 2. The van der Waals surface area contributed by atoms with E-state index in [1.165, 1.54) is 29.9 Å². The van der Waals surface area contributed by atoms with E-state index < -0.39 is 75.8 Å². The van der Waals surface area contributed by atoms with E-state index in [1.807, 2.05) is 6.07 Å². The van der Waals surface area contributed by atoms with Crippen LogP contribution >= 0.6 is 0 Å². The zero-order valence-electron chi connectivity index (χ0n) is 41.4. The van der Waals surface area contributed by atoms with Gasteiger partial charge in [0.25, 0.3) is 11.8 Å². The van der Waals surface area contributed by atoms with Gasteiger partial charge in [-0.25, -0.2) is 14.4 Å². The van der Waals surface area contributed by atoms with Crippen molar-refractivity contribution in [3.63, 3.8) is 0 Å². The first-order valence-electron chi connectivity index (χ1n) is 24.2. The average molecular weight is 1040 g/mol. The lowest BCUT2D eigenvalue weighted by molar-refractivity contribution is -0.137. The van der Waals surface area contributed by atoms with E-state index in [4.69, 9.17) is 4.74 Å². The number of amides is 4. The Morgan fingerprint density at radius 1 is 0.720 bits per heavy atom. The first-order valence-corrected chi connectivity index (χ1v) is 24.2. The molecule has 2 N–H and O–H groups in total. The SMILES string of the molecule is COc1ccc(C(=O)Nc2cnc3c(c(C4CCN(C(=O)C(C)C)CC4)cn3CCC(C)C(=O)N3CCC(c4cn(C)c5ncc(NC(=O)c6ccc(F)c(C#N)c6)c(C(F)(F)F)c45)CC3)c2C(F)(F)F)cc1C#N. The number of aryl methyl sites for hydroxylation is 2. The van der Waals surface area contributed by atoms with Gasteiger partial charge in [-0.3, -0.25) is 19.2 Å². The van der Waals surface area contributed by atoms with E-state index in [2.05, 4.69) is 20.6 Å². The third kappa shape index (κ3) is 10.7. The lowest BCUT2D eigenvalue weighted by Crippen LogP contribution is -2.41. The van der Waals surface area contributed by atoms with Crippen LogP contribution in [0.2, 0.25) is 0 Å². The normalized spacial score (nSPS) is 15.2. The van der Waals surface area contributed by atoms with Gasteiger partial charge in [-0.15, -0.1) is 0 Å². The number of halogens is 7. The highest BCUT2D eigenvalue weighted by Gasteiger charge is 2.42. The number of nitriles is 2. The molecule has 1 atom stereocenters. The number of pyridine rings is 2. The van der Waals surface area contributed by atoms with E-state index in [9.17, 15) is 34.1 Å². The molecule has 8 rings (SSSR count). The lowest BCUT2D eigenvalue weighted by atomic mass is 9.87. The summed E-state index contributed by atoms with van der Waals surface area (Å²) in [5.74, 6) is -4.83. The molecule has 392 valence electrons. The Bertz CT molecular complexity index is 3320. The van der Waals surface area contributed by atoms with Gasteiger partial charge in [-0.2, -0.15) is 36.9 Å². The van der Waals surface area contributed by atoms with E-state index in [0.29, 0.717) is 37.1 Å². The fraction of sp³-hybridized carbons (Fsp3) is 0.396. The van der Waals surface area contributed by atoms with Gasteiger partial charge in [0.15, 0.2) is 0 Å². The molecule has 0 aliphatic carbocycles. The summed E-state index contributed by atoms with van der Waals surface area (Å²) in [5, 5.41) is 23.0. The number of rotatable bonds is 12. The van der Waals surface area contributed by atoms with E-state index >= 15 is 26.3 Å². The number of methoxy groups -OCH3 is 1. The third-order valence-electron chi connectivity index (χ3n) is 14.1. The molecule has 2 aliphatic rings. The molecule has 2 aromatic carbocycles. The highest BCUT2D eigenvalue weighted by molar-refractivity contribution is 6.07. The van der Waals surface area contributed by atoms with Crippen molar-refractivity contribution in [2.45, 2.75) is 83.6 Å². The molecule has 2 saturated heterocycles. The minimum absolute atomic E-state index is 0.00122. The van der Waals surface area contributed by atoms with Crippen LogP contribution in [0.4, 0.5) is 42.1 Å². The molecule has 0 bridgehead atoms. The summed E-state index contributed by atoms with van der Waals surface area (Å²) in [7, 11) is 2.87. The largest absolute Gasteiger partial charge is 0.495 e. The van der Waals surface area contributed by atoms with Crippen molar-refractivity contribution in [3.8, 4) is 17.9 Å². The molecule has 0 spiro atoms. The zero-order chi connectivity index (χ0) is 54.3. The molecule has 2 aliphatic heterocycles. The summed E-state index contributed by atoms with van der Waals surface area (Å²) in [6, 6.07) is 10.2. The van der Waals surface area contributed by atoms with Crippen molar-refractivity contribution in [2.75, 3.05) is 43.9 Å². The number of aromatic nitrogens is 4. The maximum absolute atomic E-state index is 15.5. The summed E-state index contributed by atoms with van der Waals surface area (Å²) in [6.07, 6.45) is -3.59. The van der Waals surface area contributed by atoms with Crippen molar-refractivity contribution in [2.24, 2.45) is 18.9 Å². The van der Waals surface area contributed by atoms with Crippen LogP contribution in [0, 0.1) is 40.3 Å². The molecule has 4 amide bonds. The number of alkyl halides is 6.